The molecule has 2 aromatic rings. The molecule has 1 aliphatic rings. The Kier molecular flexibility index (Phi) is 4.89. The monoisotopic (exact) mass is 349 g/mol. The lowest BCUT2D eigenvalue weighted by atomic mass is 10.3. The number of aromatic nitrogens is 4. The zero-order valence-corrected chi connectivity index (χ0v) is 14.5. The van der Waals surface area contributed by atoms with Gasteiger partial charge in [-0.3, -0.25) is 4.79 Å². The van der Waals surface area contributed by atoms with Crippen LogP contribution in [0, 0.1) is 0 Å². The quantitative estimate of drug-likeness (QED) is 0.756. The molecule has 0 unspecified atom stereocenters. The van der Waals surface area contributed by atoms with Gasteiger partial charge in [0, 0.05) is 12.1 Å². The number of hydrogen-bond acceptors (Lipinski definition) is 7. The Hall–Kier alpha value is -2.29. The molecule has 1 aliphatic carbocycles. The highest BCUT2D eigenvalue weighted by atomic mass is 32.2. The standard InChI is InChI=1S/C15H19N5O3S/c1-9(14(21)16-10-4-5-10)24-15-17-18-19-20(15)12-8-11(22-2)6-7-13(12)23-3/h6-10H,4-5H2,1-3H3,(H,16,21)/t9-/m0/s1. The number of rotatable bonds is 7. The first-order valence-electron chi connectivity index (χ1n) is 7.60. The van der Waals surface area contributed by atoms with E-state index in [1.807, 2.05) is 6.92 Å². The highest BCUT2D eigenvalue weighted by molar-refractivity contribution is 8.00. The van der Waals surface area contributed by atoms with Crippen molar-refractivity contribution in [3.05, 3.63) is 18.2 Å². The molecule has 0 spiro atoms. The van der Waals surface area contributed by atoms with E-state index < -0.39 is 0 Å². The maximum Gasteiger partial charge on any atom is 0.233 e. The van der Waals surface area contributed by atoms with Crippen LogP contribution in [-0.2, 0) is 4.79 Å². The molecule has 128 valence electrons. The molecule has 1 aromatic heterocycles. The summed E-state index contributed by atoms with van der Waals surface area (Å²) in [6.45, 7) is 1.84. The van der Waals surface area contributed by atoms with Gasteiger partial charge in [-0.2, -0.15) is 4.68 Å². The Bertz CT molecular complexity index is 732. The van der Waals surface area contributed by atoms with Crippen molar-refractivity contribution >= 4 is 17.7 Å². The Morgan fingerprint density at radius 1 is 1.38 bits per heavy atom. The summed E-state index contributed by atoms with van der Waals surface area (Å²) in [6.07, 6.45) is 2.11. The number of methoxy groups -OCH3 is 2. The number of thioether (sulfide) groups is 1. The first-order valence-corrected chi connectivity index (χ1v) is 8.48. The summed E-state index contributed by atoms with van der Waals surface area (Å²) in [5.41, 5.74) is 0.652. The van der Waals surface area contributed by atoms with Crippen LogP contribution in [0.5, 0.6) is 11.5 Å². The van der Waals surface area contributed by atoms with E-state index in [4.69, 9.17) is 9.47 Å². The number of tetrazole rings is 1. The number of carbonyl (C=O) groups excluding carboxylic acids is 1. The van der Waals surface area contributed by atoms with E-state index in [-0.39, 0.29) is 11.2 Å². The molecule has 8 nitrogen and oxygen atoms in total. The van der Waals surface area contributed by atoms with Crippen molar-refractivity contribution in [2.75, 3.05) is 14.2 Å². The van der Waals surface area contributed by atoms with Gasteiger partial charge in [-0.25, -0.2) is 0 Å². The van der Waals surface area contributed by atoms with Gasteiger partial charge in [-0.15, -0.1) is 5.10 Å². The minimum atomic E-state index is -0.299. The number of nitrogens with one attached hydrogen (secondary N) is 1. The average molecular weight is 349 g/mol. The predicted octanol–water partition coefficient (Wildman–Crippen LogP) is 1.44. The van der Waals surface area contributed by atoms with E-state index in [2.05, 4.69) is 20.8 Å². The van der Waals surface area contributed by atoms with Crippen LogP contribution in [0.1, 0.15) is 19.8 Å². The number of hydrogen-bond donors (Lipinski definition) is 1. The van der Waals surface area contributed by atoms with Crippen molar-refractivity contribution in [2.24, 2.45) is 0 Å². The van der Waals surface area contributed by atoms with Crippen molar-refractivity contribution in [3.8, 4) is 17.2 Å². The molecule has 1 amide bonds. The van der Waals surface area contributed by atoms with Gasteiger partial charge in [0.05, 0.1) is 19.5 Å². The molecule has 1 N–H and O–H groups in total. The first kappa shape index (κ1) is 16.6. The maximum absolute atomic E-state index is 12.1. The molecule has 3 rings (SSSR count). The molecule has 1 atom stereocenters. The van der Waals surface area contributed by atoms with Crippen LogP contribution in [0.15, 0.2) is 23.4 Å². The zero-order valence-electron chi connectivity index (χ0n) is 13.7. The van der Waals surface area contributed by atoms with Gasteiger partial charge in [-0.1, -0.05) is 11.8 Å². The summed E-state index contributed by atoms with van der Waals surface area (Å²) in [5, 5.41) is 15.0. The Morgan fingerprint density at radius 3 is 2.83 bits per heavy atom. The molecular weight excluding hydrogens is 330 g/mol. The number of ether oxygens (including phenoxy) is 2. The second-order valence-electron chi connectivity index (χ2n) is 5.45. The number of carbonyl (C=O) groups is 1. The van der Waals surface area contributed by atoms with Crippen molar-refractivity contribution in [3.63, 3.8) is 0 Å². The van der Waals surface area contributed by atoms with E-state index in [1.165, 1.54) is 11.8 Å². The zero-order chi connectivity index (χ0) is 17.1. The molecule has 1 fully saturated rings. The Morgan fingerprint density at radius 2 is 2.17 bits per heavy atom. The Balaban J connectivity index is 1.83. The van der Waals surface area contributed by atoms with Crippen LogP contribution in [0.25, 0.3) is 5.69 Å². The van der Waals surface area contributed by atoms with E-state index in [0.29, 0.717) is 28.4 Å². The number of nitrogens with zero attached hydrogens (tertiary/aromatic N) is 4. The second kappa shape index (κ2) is 7.08. The van der Waals surface area contributed by atoms with Crippen molar-refractivity contribution in [1.29, 1.82) is 0 Å². The minimum absolute atomic E-state index is 0.00495. The van der Waals surface area contributed by atoms with Gasteiger partial charge in [0.1, 0.15) is 17.2 Å². The summed E-state index contributed by atoms with van der Waals surface area (Å²) in [7, 11) is 3.17. The summed E-state index contributed by atoms with van der Waals surface area (Å²) in [6, 6.07) is 5.70. The molecule has 1 saturated carbocycles. The largest absolute Gasteiger partial charge is 0.497 e. The molecule has 24 heavy (non-hydrogen) atoms. The lowest BCUT2D eigenvalue weighted by Crippen LogP contribution is -2.32. The highest BCUT2D eigenvalue weighted by Crippen LogP contribution is 2.31. The third-order valence-electron chi connectivity index (χ3n) is 3.63. The van der Waals surface area contributed by atoms with Gasteiger partial charge in [0.2, 0.25) is 11.1 Å². The lowest BCUT2D eigenvalue weighted by Gasteiger charge is -2.13. The van der Waals surface area contributed by atoms with Crippen LogP contribution >= 0.6 is 11.8 Å². The van der Waals surface area contributed by atoms with Crippen LogP contribution in [0.3, 0.4) is 0 Å². The highest BCUT2D eigenvalue weighted by Gasteiger charge is 2.27. The van der Waals surface area contributed by atoms with Crippen LogP contribution in [-0.4, -0.2) is 51.6 Å². The second-order valence-corrected chi connectivity index (χ2v) is 6.76. The molecule has 1 aromatic carbocycles. The SMILES string of the molecule is COc1ccc(OC)c(-n2nnnc2S[C@@H](C)C(=O)NC2CC2)c1. The van der Waals surface area contributed by atoms with Gasteiger partial charge in [0.25, 0.3) is 0 Å². The van der Waals surface area contributed by atoms with E-state index >= 15 is 0 Å². The Labute approximate surface area is 143 Å². The fourth-order valence-corrected chi connectivity index (χ4v) is 2.93. The molecule has 0 saturated heterocycles. The van der Waals surface area contributed by atoms with Crippen molar-refractivity contribution in [1.82, 2.24) is 25.5 Å². The molecule has 9 heteroatoms. The molecule has 0 bridgehead atoms. The van der Waals surface area contributed by atoms with Gasteiger partial charge in [-0.05, 0) is 42.3 Å². The summed E-state index contributed by atoms with van der Waals surface area (Å²) >= 11 is 1.30. The fourth-order valence-electron chi connectivity index (χ4n) is 2.12. The van der Waals surface area contributed by atoms with Crippen LogP contribution in [0.2, 0.25) is 0 Å². The van der Waals surface area contributed by atoms with E-state index in [0.717, 1.165) is 12.8 Å². The summed E-state index contributed by atoms with van der Waals surface area (Å²) in [4.78, 5) is 12.1. The smallest absolute Gasteiger partial charge is 0.233 e. The maximum atomic E-state index is 12.1. The van der Waals surface area contributed by atoms with Crippen molar-refractivity contribution < 1.29 is 14.3 Å². The topological polar surface area (TPSA) is 91.2 Å². The first-order chi connectivity index (χ1) is 11.6. The molecular formula is C15H19N5O3S. The fraction of sp³-hybridized carbons (Fsp3) is 0.467. The minimum Gasteiger partial charge on any atom is -0.497 e. The van der Waals surface area contributed by atoms with Gasteiger partial charge >= 0.3 is 0 Å². The molecule has 0 aliphatic heterocycles. The average Bonchev–Trinajstić information content (AvgIpc) is 3.29. The molecule has 1 heterocycles. The van der Waals surface area contributed by atoms with Gasteiger partial charge in [0.15, 0.2) is 0 Å². The summed E-state index contributed by atoms with van der Waals surface area (Å²) < 4.78 is 12.2. The van der Waals surface area contributed by atoms with E-state index in [9.17, 15) is 4.79 Å². The predicted molar refractivity (Wildman–Crippen MR) is 88.7 cm³/mol. The lowest BCUT2D eigenvalue weighted by molar-refractivity contribution is -0.120. The number of amides is 1. The van der Waals surface area contributed by atoms with Crippen LogP contribution in [0.4, 0.5) is 0 Å². The van der Waals surface area contributed by atoms with Crippen LogP contribution < -0.4 is 14.8 Å². The third kappa shape index (κ3) is 3.61. The third-order valence-corrected chi connectivity index (χ3v) is 4.66. The number of benzene rings is 1. The van der Waals surface area contributed by atoms with Gasteiger partial charge < -0.3 is 14.8 Å². The van der Waals surface area contributed by atoms with E-state index in [1.54, 1.807) is 37.1 Å². The molecule has 0 radical (unpaired) electrons. The normalized spacial score (nSPS) is 15.0. The van der Waals surface area contributed by atoms with Crippen molar-refractivity contribution in [2.45, 2.75) is 36.2 Å². The summed E-state index contributed by atoms with van der Waals surface area (Å²) in [5.74, 6) is 1.27.